The molecule has 0 atom stereocenters. The second-order valence-corrected chi connectivity index (χ2v) is 6.33. The van der Waals surface area contributed by atoms with E-state index >= 15 is 0 Å². The van der Waals surface area contributed by atoms with E-state index in [2.05, 4.69) is 32.8 Å². The van der Waals surface area contributed by atoms with Crippen molar-refractivity contribution < 1.29 is 0 Å². The van der Waals surface area contributed by atoms with E-state index in [-0.39, 0.29) is 0 Å². The predicted octanol–water partition coefficient (Wildman–Crippen LogP) is 3.15. The van der Waals surface area contributed by atoms with Crippen LogP contribution in [0.25, 0.3) is 0 Å². The Hall–Kier alpha value is -0.0400. The summed E-state index contributed by atoms with van der Waals surface area (Å²) in [6, 6.07) is 0. The minimum absolute atomic E-state index is 0.628. The van der Waals surface area contributed by atoms with Crippen LogP contribution in [0.2, 0.25) is 0 Å². The molecule has 0 aliphatic heterocycles. The van der Waals surface area contributed by atoms with E-state index in [9.17, 15) is 0 Å². The highest BCUT2D eigenvalue weighted by molar-refractivity contribution is 5.07. The van der Waals surface area contributed by atoms with Crippen molar-refractivity contribution in [2.45, 2.75) is 46.0 Å². The Morgan fingerprint density at radius 1 is 1.14 bits per heavy atom. The third-order valence-electron chi connectivity index (χ3n) is 5.37. The standard InChI is InChI=1S/C13H25N/c1-12(2)11-5-7-13(12,8-6-11)9-10-14(3)4/h11H,5-10H2,1-4H3. The first-order valence-corrected chi connectivity index (χ1v) is 6.13. The molecule has 1 heteroatoms. The summed E-state index contributed by atoms with van der Waals surface area (Å²) in [6.45, 7) is 6.32. The van der Waals surface area contributed by atoms with Gasteiger partial charge in [0.25, 0.3) is 0 Å². The Morgan fingerprint density at radius 2 is 1.71 bits per heavy atom. The fourth-order valence-electron chi connectivity index (χ4n) is 3.98. The van der Waals surface area contributed by atoms with Gasteiger partial charge in [-0.15, -0.1) is 0 Å². The van der Waals surface area contributed by atoms with E-state index in [0.29, 0.717) is 10.8 Å². The molecule has 2 rings (SSSR count). The molecule has 0 amide bonds. The highest BCUT2D eigenvalue weighted by Crippen LogP contribution is 2.67. The summed E-state index contributed by atoms with van der Waals surface area (Å²) in [6.07, 6.45) is 7.42. The van der Waals surface area contributed by atoms with E-state index in [1.165, 1.54) is 38.6 Å². The van der Waals surface area contributed by atoms with Crippen molar-refractivity contribution >= 4 is 0 Å². The lowest BCUT2D eigenvalue weighted by Gasteiger charge is -2.39. The fraction of sp³-hybridized carbons (Fsp3) is 1.00. The molecule has 2 saturated carbocycles. The molecule has 2 aliphatic rings. The third kappa shape index (κ3) is 1.32. The number of nitrogens with zero attached hydrogens (tertiary/aromatic N) is 1. The van der Waals surface area contributed by atoms with Crippen LogP contribution in [-0.2, 0) is 0 Å². The molecule has 0 unspecified atom stereocenters. The molecule has 0 N–H and O–H groups in total. The van der Waals surface area contributed by atoms with Gasteiger partial charge in [0.2, 0.25) is 0 Å². The molecular formula is C13H25N. The number of hydrogen-bond acceptors (Lipinski definition) is 1. The first kappa shape index (κ1) is 10.5. The topological polar surface area (TPSA) is 3.24 Å². The van der Waals surface area contributed by atoms with Gasteiger partial charge in [-0.05, 0) is 69.5 Å². The highest BCUT2D eigenvalue weighted by Gasteiger charge is 2.57. The molecular weight excluding hydrogens is 170 g/mol. The van der Waals surface area contributed by atoms with E-state index in [4.69, 9.17) is 0 Å². The van der Waals surface area contributed by atoms with Crippen LogP contribution < -0.4 is 0 Å². The second-order valence-electron chi connectivity index (χ2n) is 6.33. The van der Waals surface area contributed by atoms with Crippen molar-refractivity contribution in [2.24, 2.45) is 16.7 Å². The lowest BCUT2D eigenvalue weighted by atomic mass is 9.67. The van der Waals surface area contributed by atoms with E-state index in [1.54, 1.807) is 0 Å². The Balaban J connectivity index is 2.07. The van der Waals surface area contributed by atoms with Crippen LogP contribution in [0.4, 0.5) is 0 Å². The van der Waals surface area contributed by atoms with E-state index in [1.807, 2.05) is 0 Å². The predicted molar refractivity (Wildman–Crippen MR) is 61.3 cm³/mol. The summed E-state index contributed by atoms with van der Waals surface area (Å²) in [4.78, 5) is 2.34. The quantitative estimate of drug-likeness (QED) is 0.668. The molecule has 0 heterocycles. The lowest BCUT2D eigenvalue weighted by Crippen LogP contribution is -2.33. The zero-order chi connectivity index (χ0) is 10.4. The highest BCUT2D eigenvalue weighted by atomic mass is 15.0. The molecule has 2 aliphatic carbocycles. The largest absolute Gasteiger partial charge is 0.309 e. The van der Waals surface area contributed by atoms with Crippen LogP contribution in [0, 0.1) is 16.7 Å². The van der Waals surface area contributed by atoms with Gasteiger partial charge < -0.3 is 4.90 Å². The summed E-state index contributed by atoms with van der Waals surface area (Å²) < 4.78 is 0. The van der Waals surface area contributed by atoms with Gasteiger partial charge in [-0.25, -0.2) is 0 Å². The zero-order valence-electron chi connectivity index (χ0n) is 10.3. The Bertz CT molecular complexity index is 209. The summed E-state index contributed by atoms with van der Waals surface area (Å²) in [5.74, 6) is 1.03. The molecule has 1 nitrogen and oxygen atoms in total. The van der Waals surface area contributed by atoms with Crippen molar-refractivity contribution in [1.82, 2.24) is 4.90 Å². The average Bonchev–Trinajstić information content (AvgIpc) is 2.51. The van der Waals surface area contributed by atoms with Crippen LogP contribution in [0.15, 0.2) is 0 Å². The molecule has 0 aromatic carbocycles. The number of rotatable bonds is 3. The second kappa shape index (κ2) is 3.23. The van der Waals surface area contributed by atoms with Crippen molar-refractivity contribution in [3.63, 3.8) is 0 Å². The Kier molecular flexibility index (Phi) is 2.42. The van der Waals surface area contributed by atoms with Gasteiger partial charge in [-0.3, -0.25) is 0 Å². The molecule has 2 bridgehead atoms. The van der Waals surface area contributed by atoms with Crippen molar-refractivity contribution in [3.8, 4) is 0 Å². The van der Waals surface area contributed by atoms with Gasteiger partial charge in [-0.2, -0.15) is 0 Å². The maximum Gasteiger partial charge on any atom is -0.00193 e. The molecule has 0 aromatic heterocycles. The maximum absolute atomic E-state index is 2.52. The van der Waals surface area contributed by atoms with Gasteiger partial charge in [0.15, 0.2) is 0 Å². The molecule has 0 radical (unpaired) electrons. The normalized spacial score (nSPS) is 39.6. The Morgan fingerprint density at radius 3 is 2.07 bits per heavy atom. The molecule has 0 spiro atoms. The lowest BCUT2D eigenvalue weighted by molar-refractivity contribution is 0.104. The van der Waals surface area contributed by atoms with Crippen LogP contribution in [-0.4, -0.2) is 25.5 Å². The smallest absolute Gasteiger partial charge is 0.00193 e. The van der Waals surface area contributed by atoms with Crippen LogP contribution in [0.5, 0.6) is 0 Å². The summed E-state index contributed by atoms with van der Waals surface area (Å²) in [5, 5.41) is 0. The van der Waals surface area contributed by atoms with Crippen LogP contribution in [0.3, 0.4) is 0 Å². The maximum atomic E-state index is 2.52. The molecule has 0 saturated heterocycles. The third-order valence-corrected chi connectivity index (χ3v) is 5.37. The Labute approximate surface area is 88.9 Å². The van der Waals surface area contributed by atoms with Gasteiger partial charge in [0.1, 0.15) is 0 Å². The van der Waals surface area contributed by atoms with Crippen LogP contribution in [0.1, 0.15) is 46.0 Å². The number of fused-ring (bicyclic) bond motifs is 2. The van der Waals surface area contributed by atoms with Gasteiger partial charge in [0.05, 0.1) is 0 Å². The van der Waals surface area contributed by atoms with Crippen molar-refractivity contribution in [3.05, 3.63) is 0 Å². The SMILES string of the molecule is CN(C)CCC12CCC(CC1)C2(C)C. The van der Waals surface area contributed by atoms with Gasteiger partial charge in [0, 0.05) is 0 Å². The fourth-order valence-corrected chi connectivity index (χ4v) is 3.98. The van der Waals surface area contributed by atoms with E-state index < -0.39 is 0 Å². The van der Waals surface area contributed by atoms with Gasteiger partial charge in [-0.1, -0.05) is 13.8 Å². The first-order valence-electron chi connectivity index (χ1n) is 6.13. The average molecular weight is 195 g/mol. The van der Waals surface area contributed by atoms with Gasteiger partial charge >= 0.3 is 0 Å². The summed E-state index contributed by atoms with van der Waals surface area (Å²) >= 11 is 0. The van der Waals surface area contributed by atoms with Crippen molar-refractivity contribution in [2.75, 3.05) is 20.6 Å². The number of hydrogen-bond donors (Lipinski definition) is 0. The summed E-state index contributed by atoms with van der Waals surface area (Å²) in [5.41, 5.74) is 1.32. The van der Waals surface area contributed by atoms with Crippen LogP contribution >= 0.6 is 0 Å². The molecule has 2 fully saturated rings. The molecule has 14 heavy (non-hydrogen) atoms. The minimum atomic E-state index is 0.628. The molecule has 82 valence electrons. The zero-order valence-corrected chi connectivity index (χ0v) is 10.3. The summed E-state index contributed by atoms with van der Waals surface area (Å²) in [7, 11) is 4.40. The monoisotopic (exact) mass is 195 g/mol. The molecule has 0 aromatic rings. The first-order chi connectivity index (χ1) is 6.48. The van der Waals surface area contributed by atoms with E-state index in [0.717, 1.165) is 5.92 Å². The minimum Gasteiger partial charge on any atom is -0.309 e. The van der Waals surface area contributed by atoms with Crippen molar-refractivity contribution in [1.29, 1.82) is 0 Å².